The van der Waals surface area contributed by atoms with Crippen LogP contribution < -0.4 is 0 Å². The van der Waals surface area contributed by atoms with Gasteiger partial charge in [-0.1, -0.05) is 132 Å². The molecule has 0 aromatic heterocycles. The third-order valence-electron chi connectivity index (χ3n) is 9.76. The number of phenols is 2. The molecule has 1 aliphatic carbocycles. The van der Waals surface area contributed by atoms with Crippen molar-refractivity contribution in [1.82, 2.24) is 0 Å². The van der Waals surface area contributed by atoms with E-state index in [0.717, 1.165) is 27.8 Å². The molecule has 1 atom stereocenters. The van der Waals surface area contributed by atoms with Crippen LogP contribution >= 0.6 is 0 Å². The van der Waals surface area contributed by atoms with E-state index >= 15 is 0 Å². The lowest BCUT2D eigenvalue weighted by molar-refractivity contribution is 0.441. The quantitative estimate of drug-likeness (QED) is 0.212. The first-order valence-corrected chi connectivity index (χ1v) is 18.3. The Morgan fingerprint density at radius 2 is 1.29 bits per heavy atom. The maximum Gasteiger partial charge on any atom is 0.128 e. The van der Waals surface area contributed by atoms with E-state index in [-0.39, 0.29) is 22.0 Å². The van der Waals surface area contributed by atoms with Crippen LogP contribution in [-0.2, 0) is 16.2 Å². The van der Waals surface area contributed by atoms with Crippen LogP contribution in [0.1, 0.15) is 167 Å². The lowest BCUT2D eigenvalue weighted by Gasteiger charge is -2.26. The highest BCUT2D eigenvalue weighted by molar-refractivity contribution is 5.87. The fraction of sp³-hybridized carbons (Fsp3) is 0.545. The molecule has 0 bridgehead atoms. The minimum atomic E-state index is -0.137. The van der Waals surface area contributed by atoms with Crippen LogP contribution in [0.5, 0.6) is 11.5 Å². The van der Waals surface area contributed by atoms with Gasteiger partial charge in [-0.05, 0) is 88.3 Å². The van der Waals surface area contributed by atoms with Crippen molar-refractivity contribution in [3.05, 3.63) is 81.9 Å². The van der Waals surface area contributed by atoms with Gasteiger partial charge in [0.1, 0.15) is 11.5 Å². The van der Waals surface area contributed by atoms with Crippen molar-refractivity contribution < 1.29 is 10.2 Å². The molecule has 3 N–H and O–H groups in total. The fourth-order valence-corrected chi connectivity index (χ4v) is 6.58. The van der Waals surface area contributed by atoms with Crippen LogP contribution in [0.15, 0.2) is 53.5 Å². The average Bonchev–Trinajstić information content (AvgIpc) is 3.02. The van der Waals surface area contributed by atoms with Crippen molar-refractivity contribution in [2.75, 3.05) is 0 Å². The summed E-state index contributed by atoms with van der Waals surface area (Å²) in [5.41, 5.74) is 8.03. The molecular formula is C44H64N2O2. The normalized spacial score (nSPS) is 15.2. The molecule has 0 saturated heterocycles. The number of rotatable bonds is 8. The van der Waals surface area contributed by atoms with Gasteiger partial charge in [-0.3, -0.25) is 4.99 Å². The number of hydrogen-bond acceptors (Lipinski definition) is 4. The monoisotopic (exact) mass is 652 g/mol. The van der Waals surface area contributed by atoms with Crippen LogP contribution in [0.25, 0.3) is 11.1 Å². The van der Waals surface area contributed by atoms with Gasteiger partial charge in [0.05, 0.1) is 0 Å². The highest BCUT2D eigenvalue weighted by Crippen LogP contribution is 2.39. The molecule has 4 rings (SSSR count). The zero-order valence-corrected chi connectivity index (χ0v) is 31.9. The maximum absolute atomic E-state index is 11.0. The Morgan fingerprint density at radius 1 is 0.729 bits per heavy atom. The van der Waals surface area contributed by atoms with Gasteiger partial charge in [0.15, 0.2) is 0 Å². The SMILES string of the molecule is CC(C)(C)c1cc(C=N)c(O)c(C(C)(C)C)c1.CCCC(CC)c1ccc(-c2cc(C=NC3CCCCC3)c(O)c(C(C)(C)C)c2)cc1. The number of aromatic hydroxyl groups is 2. The molecule has 0 radical (unpaired) electrons. The Morgan fingerprint density at radius 3 is 1.79 bits per heavy atom. The van der Waals surface area contributed by atoms with Crippen LogP contribution in [0.4, 0.5) is 0 Å². The van der Waals surface area contributed by atoms with Gasteiger partial charge in [0.25, 0.3) is 0 Å². The van der Waals surface area contributed by atoms with Crippen LogP contribution in [0.3, 0.4) is 0 Å². The van der Waals surface area contributed by atoms with Gasteiger partial charge >= 0.3 is 0 Å². The van der Waals surface area contributed by atoms with Gasteiger partial charge < -0.3 is 15.6 Å². The van der Waals surface area contributed by atoms with Gasteiger partial charge in [0.2, 0.25) is 0 Å². The van der Waals surface area contributed by atoms with E-state index in [9.17, 15) is 10.2 Å². The zero-order valence-electron chi connectivity index (χ0n) is 31.9. The molecular weight excluding hydrogens is 588 g/mol. The van der Waals surface area contributed by atoms with Crippen molar-refractivity contribution >= 4 is 12.4 Å². The molecule has 1 fully saturated rings. The summed E-state index contributed by atoms with van der Waals surface area (Å²) in [5, 5.41) is 28.6. The second kappa shape index (κ2) is 16.3. The molecule has 1 saturated carbocycles. The summed E-state index contributed by atoms with van der Waals surface area (Å²) in [7, 11) is 0. The van der Waals surface area contributed by atoms with E-state index in [1.54, 1.807) is 0 Å². The lowest BCUT2D eigenvalue weighted by atomic mass is 9.79. The Kier molecular flexibility index (Phi) is 13.3. The minimum Gasteiger partial charge on any atom is -0.507 e. The molecule has 0 spiro atoms. The third-order valence-corrected chi connectivity index (χ3v) is 9.76. The maximum atomic E-state index is 11.0. The van der Waals surface area contributed by atoms with Gasteiger partial charge in [0, 0.05) is 40.7 Å². The highest BCUT2D eigenvalue weighted by Gasteiger charge is 2.25. The van der Waals surface area contributed by atoms with E-state index in [1.807, 2.05) is 12.3 Å². The van der Waals surface area contributed by atoms with E-state index in [0.29, 0.717) is 23.3 Å². The van der Waals surface area contributed by atoms with Gasteiger partial charge in [-0.15, -0.1) is 0 Å². The number of aliphatic imine (C=N–C) groups is 1. The van der Waals surface area contributed by atoms with Crippen molar-refractivity contribution in [3.63, 3.8) is 0 Å². The first-order valence-electron chi connectivity index (χ1n) is 18.3. The third kappa shape index (κ3) is 10.3. The Hall–Kier alpha value is -3.40. The number of nitrogens with one attached hydrogen (secondary N) is 1. The second-order valence-electron chi connectivity index (χ2n) is 16.9. The molecule has 0 heterocycles. The molecule has 1 aliphatic rings. The van der Waals surface area contributed by atoms with E-state index in [4.69, 9.17) is 10.4 Å². The molecule has 4 heteroatoms. The topological polar surface area (TPSA) is 76.7 Å². The summed E-state index contributed by atoms with van der Waals surface area (Å²) in [6, 6.07) is 17.7. The van der Waals surface area contributed by atoms with Crippen molar-refractivity contribution in [2.24, 2.45) is 4.99 Å². The fourth-order valence-electron chi connectivity index (χ4n) is 6.58. The molecule has 4 nitrogen and oxygen atoms in total. The van der Waals surface area contributed by atoms with Gasteiger partial charge in [-0.25, -0.2) is 0 Å². The number of nitrogens with zero attached hydrogens (tertiary/aromatic N) is 1. The number of hydrogen-bond donors (Lipinski definition) is 3. The lowest BCUT2D eigenvalue weighted by Crippen LogP contribution is -2.17. The first-order chi connectivity index (χ1) is 22.4. The first kappa shape index (κ1) is 39.0. The standard InChI is InChI=1S/C29H41NO.C15H23NO/c1-6-11-21(7-2)22-14-16-23(17-15-22)24-18-25(20-30-26-12-9-8-10-13-26)28(31)27(19-24)29(3,4)5;1-14(2,3)11-7-10(9-16)13(17)12(8-11)15(4,5)6/h14-21,26,31H,6-13H2,1-5H3;7-9,16-17H,1-6H3. The molecule has 3 aromatic carbocycles. The van der Waals surface area contributed by atoms with E-state index in [1.165, 1.54) is 68.7 Å². The zero-order chi connectivity index (χ0) is 35.9. The predicted octanol–water partition coefficient (Wildman–Crippen LogP) is 12.4. The summed E-state index contributed by atoms with van der Waals surface area (Å²) in [6.07, 6.45) is 13.0. The van der Waals surface area contributed by atoms with Crippen LogP contribution in [0, 0.1) is 5.41 Å². The summed E-state index contributed by atoms with van der Waals surface area (Å²) >= 11 is 0. The minimum absolute atomic E-state index is 0.0193. The van der Waals surface area contributed by atoms with E-state index < -0.39 is 0 Å². The van der Waals surface area contributed by atoms with E-state index in [2.05, 4.69) is 119 Å². The van der Waals surface area contributed by atoms with Crippen molar-refractivity contribution in [2.45, 2.75) is 156 Å². The summed E-state index contributed by atoms with van der Waals surface area (Å²) in [4.78, 5) is 4.86. The smallest absolute Gasteiger partial charge is 0.128 e. The van der Waals surface area contributed by atoms with Crippen molar-refractivity contribution in [1.29, 1.82) is 5.41 Å². The van der Waals surface area contributed by atoms with Crippen LogP contribution in [-0.4, -0.2) is 28.7 Å². The van der Waals surface area contributed by atoms with Gasteiger partial charge in [-0.2, -0.15) is 0 Å². The second-order valence-corrected chi connectivity index (χ2v) is 16.9. The molecule has 48 heavy (non-hydrogen) atoms. The summed E-state index contributed by atoms with van der Waals surface area (Å²) in [5.74, 6) is 1.25. The largest absolute Gasteiger partial charge is 0.507 e. The molecule has 0 amide bonds. The summed E-state index contributed by atoms with van der Waals surface area (Å²) < 4.78 is 0. The van der Waals surface area contributed by atoms with Crippen molar-refractivity contribution in [3.8, 4) is 22.6 Å². The Bertz CT molecular complexity index is 1520. The number of benzene rings is 3. The Balaban J connectivity index is 0.000000311. The molecule has 3 aromatic rings. The summed E-state index contributed by atoms with van der Waals surface area (Å²) in [6.45, 7) is 23.7. The number of phenolic OH excluding ortho intramolecular Hbond substituents is 2. The molecule has 262 valence electrons. The molecule has 0 aliphatic heterocycles. The van der Waals surface area contributed by atoms with Crippen LogP contribution in [0.2, 0.25) is 0 Å². The predicted molar refractivity (Wildman–Crippen MR) is 208 cm³/mol. The average molecular weight is 653 g/mol. The highest BCUT2D eigenvalue weighted by atomic mass is 16.3. The Labute approximate surface area is 292 Å². The molecule has 1 unspecified atom stereocenters.